The number of nitrogens with zero attached hydrogens (tertiary/aromatic N) is 2. The molecule has 1 N–H and O–H groups in total. The molecule has 33 heavy (non-hydrogen) atoms. The Morgan fingerprint density at radius 3 is 2.61 bits per heavy atom. The SMILES string of the molecule is CCc1ccc(/C(C)=N\NC(=O)c2cc(-c3ccc(OC)cc3OC)nc3ccccc23)s1. The van der Waals surface area contributed by atoms with Crippen LogP contribution in [0.5, 0.6) is 11.5 Å². The summed E-state index contributed by atoms with van der Waals surface area (Å²) in [6.45, 7) is 4.01. The van der Waals surface area contributed by atoms with Gasteiger partial charge >= 0.3 is 0 Å². The van der Waals surface area contributed by atoms with Gasteiger partial charge in [0.1, 0.15) is 11.5 Å². The van der Waals surface area contributed by atoms with Crippen LogP contribution in [0.25, 0.3) is 22.2 Å². The van der Waals surface area contributed by atoms with Gasteiger partial charge in [0.15, 0.2) is 0 Å². The summed E-state index contributed by atoms with van der Waals surface area (Å²) in [4.78, 5) is 20.3. The van der Waals surface area contributed by atoms with E-state index in [2.05, 4.69) is 23.5 Å². The smallest absolute Gasteiger partial charge is 0.272 e. The molecule has 0 spiro atoms. The first-order chi connectivity index (χ1) is 16.0. The third-order valence-electron chi connectivity index (χ3n) is 5.34. The number of thiophene rings is 1. The zero-order valence-corrected chi connectivity index (χ0v) is 19.8. The van der Waals surface area contributed by atoms with E-state index in [1.807, 2.05) is 49.4 Å². The van der Waals surface area contributed by atoms with E-state index in [4.69, 9.17) is 14.5 Å². The van der Waals surface area contributed by atoms with E-state index in [1.54, 1.807) is 37.7 Å². The number of hydrazone groups is 1. The Balaban J connectivity index is 1.73. The number of fused-ring (bicyclic) bond motifs is 1. The quantitative estimate of drug-likeness (QED) is 0.284. The fraction of sp³-hybridized carbons (Fsp3) is 0.192. The highest BCUT2D eigenvalue weighted by molar-refractivity contribution is 7.14. The van der Waals surface area contributed by atoms with Crippen LogP contribution < -0.4 is 14.9 Å². The first-order valence-corrected chi connectivity index (χ1v) is 11.4. The zero-order chi connectivity index (χ0) is 23.4. The molecular weight excluding hydrogens is 434 g/mol. The van der Waals surface area contributed by atoms with Gasteiger partial charge in [-0.15, -0.1) is 11.3 Å². The summed E-state index contributed by atoms with van der Waals surface area (Å²) in [6.07, 6.45) is 0.977. The van der Waals surface area contributed by atoms with Crippen molar-refractivity contribution in [3.05, 3.63) is 76.0 Å². The van der Waals surface area contributed by atoms with Crippen LogP contribution in [0.3, 0.4) is 0 Å². The van der Waals surface area contributed by atoms with Crippen molar-refractivity contribution in [2.24, 2.45) is 5.10 Å². The monoisotopic (exact) mass is 459 g/mol. The Kier molecular flexibility index (Phi) is 6.70. The molecule has 168 valence electrons. The molecule has 2 aromatic carbocycles. The summed E-state index contributed by atoms with van der Waals surface area (Å²) in [5.41, 5.74) is 6.09. The molecule has 4 rings (SSSR count). The van der Waals surface area contributed by atoms with Gasteiger partial charge < -0.3 is 9.47 Å². The highest BCUT2D eigenvalue weighted by atomic mass is 32.1. The summed E-state index contributed by atoms with van der Waals surface area (Å²) in [6, 6.07) is 19.0. The normalized spacial score (nSPS) is 11.5. The molecule has 0 aliphatic carbocycles. The fourth-order valence-corrected chi connectivity index (χ4v) is 4.42. The van der Waals surface area contributed by atoms with E-state index in [1.165, 1.54) is 4.88 Å². The molecule has 2 heterocycles. The number of hydrogen-bond acceptors (Lipinski definition) is 6. The predicted octanol–water partition coefficient (Wildman–Crippen LogP) is 5.70. The molecule has 0 aliphatic rings. The molecule has 4 aromatic rings. The zero-order valence-electron chi connectivity index (χ0n) is 19.0. The molecule has 0 saturated heterocycles. The van der Waals surface area contributed by atoms with E-state index in [0.29, 0.717) is 28.3 Å². The van der Waals surface area contributed by atoms with E-state index < -0.39 is 0 Å². The number of hydrogen-bond donors (Lipinski definition) is 1. The van der Waals surface area contributed by atoms with Crippen molar-refractivity contribution in [2.45, 2.75) is 20.3 Å². The lowest BCUT2D eigenvalue weighted by molar-refractivity contribution is 0.0956. The number of aromatic nitrogens is 1. The maximum atomic E-state index is 13.2. The second-order valence-electron chi connectivity index (χ2n) is 7.40. The van der Waals surface area contributed by atoms with Gasteiger partial charge in [-0.3, -0.25) is 4.79 Å². The summed E-state index contributed by atoms with van der Waals surface area (Å²) in [7, 11) is 3.20. The lowest BCUT2D eigenvalue weighted by Gasteiger charge is -2.13. The number of rotatable bonds is 7. The molecule has 0 bridgehead atoms. The van der Waals surface area contributed by atoms with Gasteiger partial charge in [0.05, 0.1) is 41.6 Å². The number of para-hydroxylation sites is 1. The standard InChI is InChI=1S/C26H25N3O3S/c1-5-18-11-13-25(33-18)16(2)28-29-26(30)21-15-23(27-22-9-7-6-8-19(21)22)20-12-10-17(31-3)14-24(20)32-4/h6-15H,5H2,1-4H3,(H,29,30)/b28-16-. The molecule has 0 saturated carbocycles. The molecule has 6 nitrogen and oxygen atoms in total. The van der Waals surface area contributed by atoms with Crippen LogP contribution in [0.1, 0.15) is 34.0 Å². The summed E-state index contributed by atoms with van der Waals surface area (Å²) in [5.74, 6) is 0.995. The third kappa shape index (κ3) is 4.73. The van der Waals surface area contributed by atoms with Gasteiger partial charge in [-0.1, -0.05) is 25.1 Å². The van der Waals surface area contributed by atoms with Crippen LogP contribution >= 0.6 is 11.3 Å². The molecular formula is C26H25N3O3S. The van der Waals surface area contributed by atoms with Crippen LogP contribution in [0.15, 0.2) is 65.8 Å². The second-order valence-corrected chi connectivity index (χ2v) is 8.56. The van der Waals surface area contributed by atoms with Crippen molar-refractivity contribution in [3.63, 3.8) is 0 Å². The average Bonchev–Trinajstić information content (AvgIpc) is 3.35. The number of amides is 1. The Bertz CT molecular complexity index is 1340. The van der Waals surface area contributed by atoms with Crippen molar-refractivity contribution in [1.82, 2.24) is 10.4 Å². The predicted molar refractivity (Wildman–Crippen MR) is 134 cm³/mol. The number of pyridine rings is 1. The van der Waals surface area contributed by atoms with Crippen LogP contribution in [0.2, 0.25) is 0 Å². The average molecular weight is 460 g/mol. The number of benzene rings is 2. The number of carbonyl (C=O) groups is 1. The Morgan fingerprint density at radius 1 is 1.06 bits per heavy atom. The number of carbonyl (C=O) groups excluding carboxylic acids is 1. The highest BCUT2D eigenvalue weighted by Gasteiger charge is 2.16. The van der Waals surface area contributed by atoms with Crippen molar-refractivity contribution in [1.29, 1.82) is 0 Å². The molecule has 0 aliphatic heterocycles. The highest BCUT2D eigenvalue weighted by Crippen LogP contribution is 2.34. The third-order valence-corrected chi connectivity index (χ3v) is 6.68. The van der Waals surface area contributed by atoms with Crippen LogP contribution in [0.4, 0.5) is 0 Å². The summed E-state index contributed by atoms with van der Waals surface area (Å²) in [5, 5.41) is 5.10. The number of ether oxygens (including phenoxy) is 2. The Hall–Kier alpha value is -3.71. The topological polar surface area (TPSA) is 72.8 Å². The minimum Gasteiger partial charge on any atom is -0.497 e. The Labute approximate surface area is 196 Å². The van der Waals surface area contributed by atoms with Gasteiger partial charge in [-0.2, -0.15) is 5.10 Å². The fourth-order valence-electron chi connectivity index (χ4n) is 3.52. The van der Waals surface area contributed by atoms with Gasteiger partial charge in [-0.25, -0.2) is 10.4 Å². The molecule has 2 aromatic heterocycles. The van der Waals surface area contributed by atoms with E-state index in [9.17, 15) is 4.79 Å². The summed E-state index contributed by atoms with van der Waals surface area (Å²) >= 11 is 1.68. The van der Waals surface area contributed by atoms with E-state index >= 15 is 0 Å². The van der Waals surface area contributed by atoms with Crippen molar-refractivity contribution < 1.29 is 14.3 Å². The van der Waals surface area contributed by atoms with Crippen molar-refractivity contribution in [2.75, 3.05) is 14.2 Å². The maximum Gasteiger partial charge on any atom is 0.272 e. The first-order valence-electron chi connectivity index (χ1n) is 10.6. The van der Waals surface area contributed by atoms with Crippen molar-refractivity contribution >= 4 is 33.9 Å². The van der Waals surface area contributed by atoms with E-state index in [-0.39, 0.29) is 5.91 Å². The first kappa shape index (κ1) is 22.5. The second kappa shape index (κ2) is 9.83. The van der Waals surface area contributed by atoms with E-state index in [0.717, 1.165) is 28.0 Å². The number of nitrogens with one attached hydrogen (secondary N) is 1. The van der Waals surface area contributed by atoms with Gasteiger partial charge in [0, 0.05) is 21.9 Å². The molecule has 0 atom stereocenters. The lowest BCUT2D eigenvalue weighted by atomic mass is 10.0. The molecule has 0 unspecified atom stereocenters. The van der Waals surface area contributed by atoms with Gasteiger partial charge in [-0.05, 0) is 49.7 Å². The van der Waals surface area contributed by atoms with Gasteiger partial charge in [0.25, 0.3) is 5.91 Å². The van der Waals surface area contributed by atoms with Crippen LogP contribution in [-0.2, 0) is 6.42 Å². The number of aryl methyl sites for hydroxylation is 1. The van der Waals surface area contributed by atoms with Gasteiger partial charge in [0.2, 0.25) is 0 Å². The summed E-state index contributed by atoms with van der Waals surface area (Å²) < 4.78 is 10.9. The van der Waals surface area contributed by atoms with Crippen LogP contribution in [0, 0.1) is 0 Å². The van der Waals surface area contributed by atoms with Crippen molar-refractivity contribution in [3.8, 4) is 22.8 Å². The maximum absolute atomic E-state index is 13.2. The largest absolute Gasteiger partial charge is 0.497 e. The minimum absolute atomic E-state index is 0.297. The van der Waals surface area contributed by atoms with Crippen LogP contribution in [-0.4, -0.2) is 30.8 Å². The molecule has 7 heteroatoms. The number of methoxy groups -OCH3 is 2. The molecule has 0 fully saturated rings. The Morgan fingerprint density at radius 2 is 1.88 bits per heavy atom. The molecule has 0 radical (unpaired) electrons. The minimum atomic E-state index is -0.297. The molecule has 1 amide bonds. The lowest BCUT2D eigenvalue weighted by Crippen LogP contribution is -2.20.